The van der Waals surface area contributed by atoms with Crippen molar-refractivity contribution in [3.05, 3.63) is 11.8 Å². The van der Waals surface area contributed by atoms with Crippen molar-refractivity contribution in [2.75, 3.05) is 0 Å². The van der Waals surface area contributed by atoms with Crippen LogP contribution in [0, 0.1) is 5.92 Å². The molecule has 0 aliphatic heterocycles. The van der Waals surface area contributed by atoms with Gasteiger partial charge in [0, 0.05) is 11.9 Å². The summed E-state index contributed by atoms with van der Waals surface area (Å²) in [6, 6.07) is 0. The topological polar surface area (TPSA) is 12.4 Å². The Balaban J connectivity index is 4.24. The van der Waals surface area contributed by atoms with Crippen molar-refractivity contribution in [3.63, 3.8) is 0 Å². The number of nitrogens with zero attached hydrogens (tertiary/aromatic N) is 1. The molecule has 1 nitrogen and oxygen atoms in total. The summed E-state index contributed by atoms with van der Waals surface area (Å²) in [5.74, 6) is 0.628. The Labute approximate surface area is 70.2 Å². The van der Waals surface area contributed by atoms with E-state index in [-0.39, 0.29) is 0 Å². The Morgan fingerprint density at radius 3 is 2.18 bits per heavy atom. The molecule has 0 N–H and O–H groups in total. The lowest BCUT2D eigenvalue weighted by atomic mass is 10.0. The van der Waals surface area contributed by atoms with Crippen LogP contribution in [-0.4, -0.2) is 5.71 Å². The van der Waals surface area contributed by atoms with Gasteiger partial charge in [0.1, 0.15) is 0 Å². The first-order valence-corrected chi connectivity index (χ1v) is 4.27. The van der Waals surface area contributed by atoms with Crippen molar-refractivity contribution >= 4 is 5.71 Å². The van der Waals surface area contributed by atoms with Crippen molar-refractivity contribution in [1.82, 2.24) is 0 Å². The first kappa shape index (κ1) is 10.4. The van der Waals surface area contributed by atoms with E-state index < -0.39 is 0 Å². The third-order valence-corrected chi connectivity index (χ3v) is 1.64. The summed E-state index contributed by atoms with van der Waals surface area (Å²) >= 11 is 0. The van der Waals surface area contributed by atoms with Crippen LogP contribution in [0.15, 0.2) is 16.8 Å². The molecule has 0 atom stereocenters. The second-order valence-electron chi connectivity index (χ2n) is 3.29. The highest BCUT2D eigenvalue weighted by Gasteiger charge is 1.98. The zero-order chi connectivity index (χ0) is 8.85. The van der Waals surface area contributed by atoms with E-state index in [0.717, 1.165) is 12.1 Å². The third kappa shape index (κ3) is 4.77. The molecule has 0 aromatic rings. The van der Waals surface area contributed by atoms with E-state index in [1.807, 2.05) is 20.0 Å². The molecule has 0 amide bonds. The molecule has 0 aromatic heterocycles. The van der Waals surface area contributed by atoms with Gasteiger partial charge >= 0.3 is 0 Å². The van der Waals surface area contributed by atoms with Crippen LogP contribution in [0.1, 0.15) is 41.0 Å². The van der Waals surface area contributed by atoms with Crippen LogP contribution in [0.3, 0.4) is 0 Å². The maximum Gasteiger partial charge on any atom is 0.0261 e. The highest BCUT2D eigenvalue weighted by molar-refractivity contribution is 5.79. The van der Waals surface area contributed by atoms with Gasteiger partial charge in [0.2, 0.25) is 0 Å². The summed E-state index contributed by atoms with van der Waals surface area (Å²) in [6.07, 6.45) is 3.11. The van der Waals surface area contributed by atoms with E-state index in [4.69, 9.17) is 0 Å². The Morgan fingerprint density at radius 2 is 1.91 bits per heavy atom. The summed E-state index contributed by atoms with van der Waals surface area (Å²) in [5, 5.41) is 0. The molecule has 0 aromatic carbocycles. The van der Waals surface area contributed by atoms with E-state index in [2.05, 4.69) is 25.8 Å². The summed E-state index contributed by atoms with van der Waals surface area (Å²) < 4.78 is 0. The number of allylic oxidation sites excluding steroid dienone is 1. The summed E-state index contributed by atoms with van der Waals surface area (Å²) in [5.41, 5.74) is 2.54. The van der Waals surface area contributed by atoms with E-state index >= 15 is 0 Å². The largest absolute Gasteiger partial charge is 0.266 e. The molecular formula is C10H19N. The zero-order valence-corrected chi connectivity index (χ0v) is 8.31. The smallest absolute Gasteiger partial charge is 0.0261 e. The fourth-order valence-electron chi connectivity index (χ4n) is 0.861. The van der Waals surface area contributed by atoms with Gasteiger partial charge in [-0.05, 0) is 31.8 Å². The molecular weight excluding hydrogens is 134 g/mol. The molecule has 11 heavy (non-hydrogen) atoms. The van der Waals surface area contributed by atoms with Crippen LogP contribution < -0.4 is 0 Å². The quantitative estimate of drug-likeness (QED) is 0.551. The lowest BCUT2D eigenvalue weighted by Gasteiger charge is -2.05. The average molecular weight is 153 g/mol. The van der Waals surface area contributed by atoms with Gasteiger partial charge in [-0.2, -0.15) is 0 Å². The lowest BCUT2D eigenvalue weighted by molar-refractivity contribution is 0.728. The van der Waals surface area contributed by atoms with Gasteiger partial charge in [-0.25, -0.2) is 0 Å². The predicted molar refractivity (Wildman–Crippen MR) is 52.0 cm³/mol. The zero-order valence-electron chi connectivity index (χ0n) is 8.31. The van der Waals surface area contributed by atoms with Crippen molar-refractivity contribution in [3.8, 4) is 0 Å². The van der Waals surface area contributed by atoms with Crippen molar-refractivity contribution in [2.45, 2.75) is 41.0 Å². The summed E-state index contributed by atoms with van der Waals surface area (Å²) in [4.78, 5) is 4.27. The monoisotopic (exact) mass is 153 g/mol. The maximum atomic E-state index is 4.27. The van der Waals surface area contributed by atoms with Crippen LogP contribution >= 0.6 is 0 Å². The fourth-order valence-corrected chi connectivity index (χ4v) is 0.861. The minimum absolute atomic E-state index is 0.628. The summed E-state index contributed by atoms with van der Waals surface area (Å²) in [6.45, 7) is 10.6. The lowest BCUT2D eigenvalue weighted by Crippen LogP contribution is -1.91. The molecule has 0 spiro atoms. The molecule has 0 bridgehead atoms. The van der Waals surface area contributed by atoms with E-state index in [0.29, 0.717) is 5.92 Å². The molecule has 0 aliphatic rings. The predicted octanol–water partition coefficient (Wildman–Crippen LogP) is 3.42. The molecule has 0 aliphatic carbocycles. The second-order valence-corrected chi connectivity index (χ2v) is 3.29. The van der Waals surface area contributed by atoms with Gasteiger partial charge in [0.15, 0.2) is 0 Å². The highest BCUT2D eigenvalue weighted by Crippen LogP contribution is 2.12. The molecule has 0 unspecified atom stereocenters. The molecule has 0 saturated carbocycles. The number of aliphatic imine (C=N–C) groups is 1. The van der Waals surface area contributed by atoms with Gasteiger partial charge in [0.05, 0.1) is 0 Å². The van der Waals surface area contributed by atoms with E-state index in [9.17, 15) is 0 Å². The first-order chi connectivity index (χ1) is 5.07. The average Bonchev–Trinajstić information content (AvgIpc) is 1.87. The molecule has 0 radical (unpaired) electrons. The molecule has 0 fully saturated rings. The van der Waals surface area contributed by atoms with Crippen LogP contribution in [0.25, 0.3) is 0 Å². The third-order valence-electron chi connectivity index (χ3n) is 1.64. The van der Waals surface area contributed by atoms with Crippen LogP contribution in [0.4, 0.5) is 0 Å². The van der Waals surface area contributed by atoms with Crippen molar-refractivity contribution in [1.29, 1.82) is 0 Å². The number of hydrogen-bond acceptors (Lipinski definition) is 1. The van der Waals surface area contributed by atoms with Crippen LogP contribution in [-0.2, 0) is 0 Å². The van der Waals surface area contributed by atoms with Crippen LogP contribution in [0.2, 0.25) is 0 Å². The molecule has 1 heteroatoms. The second kappa shape index (κ2) is 5.11. The Hall–Kier alpha value is -0.590. The normalized spacial score (nSPS) is 12.0. The molecule has 0 heterocycles. The number of rotatable bonds is 3. The SMILES string of the molecule is CC/C(=C\N=C(C)C)C(C)C. The first-order valence-electron chi connectivity index (χ1n) is 4.27. The standard InChI is InChI=1S/C10H19N/c1-6-10(8(2)3)7-11-9(4)5/h7-8H,6H2,1-5H3/b10-7+. The highest BCUT2D eigenvalue weighted by atomic mass is 14.7. The Morgan fingerprint density at radius 1 is 1.36 bits per heavy atom. The number of hydrogen-bond donors (Lipinski definition) is 0. The fraction of sp³-hybridized carbons (Fsp3) is 0.700. The van der Waals surface area contributed by atoms with Crippen molar-refractivity contribution < 1.29 is 0 Å². The van der Waals surface area contributed by atoms with Crippen molar-refractivity contribution in [2.24, 2.45) is 10.9 Å². The van der Waals surface area contributed by atoms with Gasteiger partial charge in [0.25, 0.3) is 0 Å². The minimum Gasteiger partial charge on any atom is -0.266 e. The Bertz CT molecular complexity index is 160. The minimum atomic E-state index is 0.628. The Kier molecular flexibility index (Phi) is 4.84. The molecule has 0 rings (SSSR count). The maximum absolute atomic E-state index is 4.27. The molecule has 0 saturated heterocycles. The van der Waals surface area contributed by atoms with Gasteiger partial charge in [-0.3, -0.25) is 4.99 Å². The molecule has 64 valence electrons. The van der Waals surface area contributed by atoms with E-state index in [1.54, 1.807) is 0 Å². The summed E-state index contributed by atoms with van der Waals surface area (Å²) in [7, 11) is 0. The van der Waals surface area contributed by atoms with E-state index in [1.165, 1.54) is 5.57 Å². The van der Waals surface area contributed by atoms with Gasteiger partial charge < -0.3 is 0 Å². The van der Waals surface area contributed by atoms with Gasteiger partial charge in [-0.1, -0.05) is 20.8 Å². The van der Waals surface area contributed by atoms with Crippen LogP contribution in [0.5, 0.6) is 0 Å². The van der Waals surface area contributed by atoms with Gasteiger partial charge in [-0.15, -0.1) is 0 Å².